The van der Waals surface area contributed by atoms with E-state index in [1.807, 2.05) is 62.4 Å². The van der Waals surface area contributed by atoms with E-state index in [1.54, 1.807) is 42.6 Å². The molecule has 0 radical (unpaired) electrons. The fourth-order valence-electron chi connectivity index (χ4n) is 5.15. The zero-order valence-corrected chi connectivity index (χ0v) is 24.0. The highest BCUT2D eigenvalue weighted by Crippen LogP contribution is 2.32. The van der Waals surface area contributed by atoms with Crippen molar-refractivity contribution in [3.05, 3.63) is 113 Å². The number of nitrogens with one attached hydrogen (secondary N) is 2. The van der Waals surface area contributed by atoms with Crippen LogP contribution in [0.15, 0.2) is 91.1 Å². The molecule has 8 nitrogen and oxygen atoms in total. The van der Waals surface area contributed by atoms with Crippen molar-refractivity contribution in [3.63, 3.8) is 0 Å². The van der Waals surface area contributed by atoms with Crippen LogP contribution in [-0.2, 0) is 16.0 Å². The quantitative estimate of drug-likeness (QED) is 0.195. The molecule has 2 heterocycles. The Bertz CT molecular complexity index is 1980. The van der Waals surface area contributed by atoms with Gasteiger partial charge in [0.05, 0.1) is 29.5 Å². The summed E-state index contributed by atoms with van der Waals surface area (Å²) in [6.45, 7) is 4.07. The summed E-state index contributed by atoms with van der Waals surface area (Å²) < 4.78 is 5.00. The number of ether oxygens (including phenoxy) is 1. The van der Waals surface area contributed by atoms with Gasteiger partial charge in [0.15, 0.2) is 0 Å². The molecule has 0 aliphatic rings. The average Bonchev–Trinajstić information content (AvgIpc) is 3.41. The number of phenols is 1. The predicted octanol–water partition coefficient (Wildman–Crippen LogP) is 6.28. The summed E-state index contributed by atoms with van der Waals surface area (Å²) in [5.74, 6) is -0.908. The van der Waals surface area contributed by atoms with Crippen LogP contribution in [0.1, 0.15) is 27.0 Å². The van der Waals surface area contributed by atoms with Gasteiger partial charge in [-0.1, -0.05) is 59.7 Å². The number of carbonyl (C=O) groups excluding carboxylic acids is 2. The number of rotatable bonds is 7. The van der Waals surface area contributed by atoms with E-state index in [0.717, 1.165) is 44.4 Å². The maximum atomic E-state index is 13.5. The van der Waals surface area contributed by atoms with E-state index in [2.05, 4.69) is 10.3 Å². The number of aromatic amines is 1. The van der Waals surface area contributed by atoms with Crippen LogP contribution in [-0.4, -0.2) is 45.1 Å². The van der Waals surface area contributed by atoms with E-state index in [4.69, 9.17) is 14.7 Å². The first-order valence-electron chi connectivity index (χ1n) is 13.9. The molecule has 0 saturated carbocycles. The van der Waals surface area contributed by atoms with E-state index < -0.39 is 17.9 Å². The Morgan fingerprint density at radius 1 is 0.837 bits per heavy atom. The van der Waals surface area contributed by atoms with Gasteiger partial charge in [-0.05, 0) is 55.8 Å². The summed E-state index contributed by atoms with van der Waals surface area (Å²) in [7, 11) is 1.28. The third-order valence-corrected chi connectivity index (χ3v) is 7.54. The molecule has 6 aromatic rings. The number of phenolic OH excluding ortho intramolecular Hbond substituents is 1. The first-order valence-corrected chi connectivity index (χ1v) is 13.9. The predicted molar refractivity (Wildman–Crippen MR) is 167 cm³/mol. The van der Waals surface area contributed by atoms with Crippen molar-refractivity contribution in [1.29, 1.82) is 0 Å². The normalized spacial score (nSPS) is 11.9. The van der Waals surface area contributed by atoms with Crippen LogP contribution in [0.3, 0.4) is 0 Å². The molecule has 1 amide bonds. The Balaban J connectivity index is 1.35. The van der Waals surface area contributed by atoms with Gasteiger partial charge in [0.2, 0.25) is 0 Å². The van der Waals surface area contributed by atoms with E-state index in [9.17, 15) is 14.7 Å². The number of aryl methyl sites for hydroxylation is 2. The van der Waals surface area contributed by atoms with Crippen LogP contribution in [0.25, 0.3) is 44.5 Å². The summed E-state index contributed by atoms with van der Waals surface area (Å²) in [6.07, 6.45) is 1.93. The second-order valence-electron chi connectivity index (χ2n) is 10.7. The molecule has 0 saturated heterocycles. The third-order valence-electron chi connectivity index (χ3n) is 7.54. The van der Waals surface area contributed by atoms with E-state index in [1.165, 1.54) is 7.11 Å². The topological polar surface area (TPSA) is 117 Å². The molecule has 214 valence electrons. The molecular weight excluding hydrogens is 540 g/mol. The van der Waals surface area contributed by atoms with Gasteiger partial charge in [0.25, 0.3) is 5.91 Å². The molecule has 0 spiro atoms. The van der Waals surface area contributed by atoms with Gasteiger partial charge in [0, 0.05) is 40.2 Å². The Morgan fingerprint density at radius 3 is 2.09 bits per heavy atom. The Labute approximate surface area is 248 Å². The number of carbonyl (C=O) groups is 2. The highest BCUT2D eigenvalue weighted by atomic mass is 16.5. The van der Waals surface area contributed by atoms with Crippen LogP contribution in [0, 0.1) is 13.8 Å². The van der Waals surface area contributed by atoms with E-state index in [-0.39, 0.29) is 12.2 Å². The highest BCUT2D eigenvalue weighted by Gasteiger charge is 2.24. The Hall–Kier alpha value is -5.50. The smallest absolute Gasteiger partial charge is 0.328 e. The molecule has 43 heavy (non-hydrogen) atoms. The summed E-state index contributed by atoms with van der Waals surface area (Å²) in [4.78, 5) is 39.3. The van der Waals surface area contributed by atoms with Gasteiger partial charge >= 0.3 is 5.97 Å². The molecule has 3 N–H and O–H groups in total. The van der Waals surface area contributed by atoms with Gasteiger partial charge in [-0.2, -0.15) is 0 Å². The van der Waals surface area contributed by atoms with Crippen molar-refractivity contribution < 1.29 is 19.4 Å². The average molecular weight is 571 g/mol. The number of hydrogen-bond donors (Lipinski definition) is 3. The number of nitrogens with zero attached hydrogens (tertiary/aromatic N) is 2. The standard InChI is InChI=1S/C35H30N4O4/c1-20-4-8-22(9-5-20)32-33(23-10-6-21(2)7-11-23)38-30-16-24(12-14-29(30)37-32)34(41)39-31(35(42)43-3)17-25-19-36-28-15-13-26(40)18-27(25)28/h4-16,18-19,31,36,40H,17H2,1-3H3,(H,39,41)/t31-/m0/s1. The lowest BCUT2D eigenvalue weighted by Crippen LogP contribution is -2.43. The van der Waals surface area contributed by atoms with Crippen molar-refractivity contribution in [3.8, 4) is 28.3 Å². The third kappa shape index (κ3) is 5.67. The van der Waals surface area contributed by atoms with Crippen molar-refractivity contribution >= 4 is 33.8 Å². The van der Waals surface area contributed by atoms with Crippen LogP contribution in [0.5, 0.6) is 5.75 Å². The zero-order valence-electron chi connectivity index (χ0n) is 24.0. The number of amides is 1. The minimum atomic E-state index is -0.951. The minimum absolute atomic E-state index is 0.111. The molecule has 4 aromatic carbocycles. The summed E-state index contributed by atoms with van der Waals surface area (Å²) in [5, 5.41) is 13.5. The molecule has 8 heteroatoms. The molecule has 0 bridgehead atoms. The lowest BCUT2D eigenvalue weighted by molar-refractivity contribution is -0.142. The van der Waals surface area contributed by atoms with Crippen molar-refractivity contribution in [2.75, 3.05) is 7.11 Å². The van der Waals surface area contributed by atoms with Crippen molar-refractivity contribution in [2.45, 2.75) is 26.3 Å². The fraction of sp³-hybridized carbons (Fsp3) is 0.143. The van der Waals surface area contributed by atoms with Crippen LogP contribution < -0.4 is 5.32 Å². The minimum Gasteiger partial charge on any atom is -0.508 e. The number of esters is 1. The van der Waals surface area contributed by atoms with Gasteiger partial charge in [0.1, 0.15) is 11.8 Å². The first kappa shape index (κ1) is 27.7. The van der Waals surface area contributed by atoms with Crippen LogP contribution in [0.2, 0.25) is 0 Å². The van der Waals surface area contributed by atoms with Crippen molar-refractivity contribution in [2.24, 2.45) is 0 Å². The van der Waals surface area contributed by atoms with Gasteiger partial charge in [-0.3, -0.25) is 4.79 Å². The summed E-state index contributed by atoms with van der Waals surface area (Å²) >= 11 is 0. The summed E-state index contributed by atoms with van der Waals surface area (Å²) in [5.41, 5.74) is 8.73. The number of aromatic nitrogens is 3. The molecule has 0 aliphatic carbocycles. The molecule has 6 rings (SSSR count). The van der Waals surface area contributed by atoms with Crippen molar-refractivity contribution in [1.82, 2.24) is 20.3 Å². The zero-order chi connectivity index (χ0) is 30.1. The highest BCUT2D eigenvalue weighted by molar-refractivity contribution is 6.00. The number of methoxy groups -OCH3 is 1. The van der Waals surface area contributed by atoms with Gasteiger partial charge < -0.3 is 20.1 Å². The molecule has 0 fully saturated rings. The van der Waals surface area contributed by atoms with Crippen LogP contribution in [0.4, 0.5) is 0 Å². The summed E-state index contributed by atoms with van der Waals surface area (Å²) in [6, 6.07) is 25.4. The van der Waals surface area contributed by atoms with Crippen LogP contribution >= 0.6 is 0 Å². The number of fused-ring (bicyclic) bond motifs is 2. The largest absolute Gasteiger partial charge is 0.508 e. The van der Waals surface area contributed by atoms with Gasteiger partial charge in [-0.25, -0.2) is 14.8 Å². The number of hydrogen-bond acceptors (Lipinski definition) is 6. The lowest BCUT2D eigenvalue weighted by Gasteiger charge is -2.17. The second kappa shape index (κ2) is 11.4. The number of H-pyrrole nitrogens is 1. The number of aromatic hydroxyl groups is 1. The Kier molecular flexibility index (Phi) is 7.34. The second-order valence-corrected chi connectivity index (χ2v) is 10.7. The fourth-order valence-corrected chi connectivity index (χ4v) is 5.15. The van der Waals surface area contributed by atoms with E-state index >= 15 is 0 Å². The maximum Gasteiger partial charge on any atom is 0.328 e. The number of benzene rings is 4. The first-order chi connectivity index (χ1) is 20.8. The molecule has 1 atom stereocenters. The SMILES string of the molecule is COC(=O)[C@H](Cc1c[nH]c2ccc(O)cc12)NC(=O)c1ccc2nc(-c3ccc(C)cc3)c(-c3ccc(C)cc3)nc2c1. The molecular formula is C35H30N4O4. The maximum absolute atomic E-state index is 13.5. The lowest BCUT2D eigenvalue weighted by atomic mass is 10.0. The molecule has 2 aromatic heterocycles. The molecule has 0 aliphatic heterocycles. The molecule has 0 unspecified atom stereocenters. The Morgan fingerprint density at radius 2 is 1.47 bits per heavy atom. The monoisotopic (exact) mass is 570 g/mol. The van der Waals surface area contributed by atoms with E-state index in [0.29, 0.717) is 22.3 Å². The van der Waals surface area contributed by atoms with Gasteiger partial charge in [-0.15, -0.1) is 0 Å².